The standard InChI is InChI=1S/C17H15ClN2O2/c1-12(21)14-5-3-7-16(11-14)20-17(22)19-9-8-13-4-2-6-15(18)10-13/h2-11H,1H3,(H2,19,20,22)/b9-8+. The zero-order chi connectivity index (χ0) is 15.9. The monoisotopic (exact) mass is 314 g/mol. The van der Waals surface area contributed by atoms with Gasteiger partial charge in [-0.2, -0.15) is 0 Å². The van der Waals surface area contributed by atoms with Crippen LogP contribution in [0.1, 0.15) is 22.8 Å². The second-order valence-corrected chi connectivity index (χ2v) is 5.06. The number of nitrogens with one attached hydrogen (secondary N) is 2. The maximum atomic E-state index is 11.8. The maximum absolute atomic E-state index is 11.8. The Morgan fingerprint density at radius 3 is 2.59 bits per heavy atom. The number of hydrogen-bond donors (Lipinski definition) is 2. The highest BCUT2D eigenvalue weighted by Gasteiger charge is 2.03. The van der Waals surface area contributed by atoms with Crippen LogP contribution in [0.3, 0.4) is 0 Å². The lowest BCUT2D eigenvalue weighted by atomic mass is 10.1. The molecule has 0 aliphatic heterocycles. The number of anilines is 1. The molecule has 2 amide bonds. The molecular weight excluding hydrogens is 300 g/mol. The molecule has 0 aromatic heterocycles. The minimum absolute atomic E-state index is 0.0510. The number of rotatable bonds is 4. The van der Waals surface area contributed by atoms with E-state index in [0.717, 1.165) is 5.56 Å². The summed E-state index contributed by atoms with van der Waals surface area (Å²) < 4.78 is 0. The van der Waals surface area contributed by atoms with E-state index < -0.39 is 0 Å². The van der Waals surface area contributed by atoms with Crippen molar-refractivity contribution >= 4 is 35.2 Å². The van der Waals surface area contributed by atoms with Gasteiger partial charge in [-0.1, -0.05) is 35.9 Å². The second-order valence-electron chi connectivity index (χ2n) is 4.62. The summed E-state index contributed by atoms with van der Waals surface area (Å²) in [6.07, 6.45) is 3.26. The van der Waals surface area contributed by atoms with Crippen molar-refractivity contribution in [3.8, 4) is 0 Å². The lowest BCUT2D eigenvalue weighted by Crippen LogP contribution is -2.23. The van der Waals surface area contributed by atoms with Gasteiger partial charge in [0.2, 0.25) is 0 Å². The first-order chi connectivity index (χ1) is 10.5. The molecule has 0 spiro atoms. The molecule has 2 N–H and O–H groups in total. The Bertz CT molecular complexity index is 726. The zero-order valence-electron chi connectivity index (χ0n) is 12.0. The third kappa shape index (κ3) is 4.75. The van der Waals surface area contributed by atoms with E-state index in [1.54, 1.807) is 42.5 Å². The molecule has 0 aliphatic rings. The van der Waals surface area contributed by atoms with Gasteiger partial charge in [0, 0.05) is 22.5 Å². The lowest BCUT2D eigenvalue weighted by molar-refractivity contribution is 0.101. The number of carbonyl (C=O) groups excluding carboxylic acids is 2. The number of benzene rings is 2. The normalized spacial score (nSPS) is 10.5. The SMILES string of the molecule is CC(=O)c1cccc(NC(=O)N/C=C/c2cccc(Cl)c2)c1. The van der Waals surface area contributed by atoms with Crippen LogP contribution in [0, 0.1) is 0 Å². The Balaban J connectivity index is 1.93. The molecule has 2 aromatic carbocycles. The topological polar surface area (TPSA) is 58.2 Å². The molecule has 22 heavy (non-hydrogen) atoms. The molecule has 0 unspecified atom stereocenters. The van der Waals surface area contributed by atoms with Crippen molar-refractivity contribution in [2.24, 2.45) is 0 Å². The average molecular weight is 315 g/mol. The Morgan fingerprint density at radius 1 is 1.09 bits per heavy atom. The summed E-state index contributed by atoms with van der Waals surface area (Å²) in [5.74, 6) is -0.0510. The van der Waals surface area contributed by atoms with Gasteiger partial charge in [0.05, 0.1) is 0 Å². The van der Waals surface area contributed by atoms with Gasteiger partial charge in [-0.05, 0) is 42.8 Å². The zero-order valence-corrected chi connectivity index (χ0v) is 12.7. The first-order valence-corrected chi connectivity index (χ1v) is 7.03. The van der Waals surface area contributed by atoms with E-state index in [1.807, 2.05) is 12.1 Å². The van der Waals surface area contributed by atoms with E-state index in [4.69, 9.17) is 11.6 Å². The fraction of sp³-hybridized carbons (Fsp3) is 0.0588. The fourth-order valence-electron chi connectivity index (χ4n) is 1.81. The van der Waals surface area contributed by atoms with Crippen LogP contribution >= 0.6 is 11.6 Å². The van der Waals surface area contributed by atoms with Gasteiger partial charge in [-0.25, -0.2) is 4.79 Å². The Labute approximate surface area is 133 Å². The Kier molecular flexibility index (Phi) is 5.33. The molecule has 112 valence electrons. The summed E-state index contributed by atoms with van der Waals surface area (Å²) in [5, 5.41) is 5.88. The molecule has 0 aliphatic carbocycles. The third-order valence-corrected chi connectivity index (χ3v) is 3.10. The summed E-state index contributed by atoms with van der Waals surface area (Å²) in [7, 11) is 0. The minimum atomic E-state index is -0.390. The molecule has 2 rings (SSSR count). The van der Waals surface area contributed by atoms with E-state index in [2.05, 4.69) is 10.6 Å². The van der Waals surface area contributed by atoms with Gasteiger partial charge >= 0.3 is 6.03 Å². The third-order valence-electron chi connectivity index (χ3n) is 2.87. The molecular formula is C17H15ClN2O2. The highest BCUT2D eigenvalue weighted by Crippen LogP contribution is 2.12. The number of Topliss-reactive ketones (excluding diaryl/α,β-unsaturated/α-hetero) is 1. The summed E-state index contributed by atoms with van der Waals surface area (Å²) in [4.78, 5) is 23.1. The van der Waals surface area contributed by atoms with Crippen molar-refractivity contribution in [3.63, 3.8) is 0 Å². The molecule has 2 aromatic rings. The first-order valence-electron chi connectivity index (χ1n) is 6.65. The summed E-state index contributed by atoms with van der Waals surface area (Å²) in [6, 6.07) is 13.6. The van der Waals surface area contributed by atoms with Gasteiger partial charge < -0.3 is 10.6 Å². The number of halogens is 1. The lowest BCUT2D eigenvalue weighted by Gasteiger charge is -2.05. The number of ketones is 1. The van der Waals surface area contributed by atoms with Gasteiger partial charge in [0.15, 0.2) is 5.78 Å². The number of urea groups is 1. The fourth-order valence-corrected chi connectivity index (χ4v) is 2.01. The highest BCUT2D eigenvalue weighted by atomic mass is 35.5. The van der Waals surface area contributed by atoms with E-state index in [9.17, 15) is 9.59 Å². The minimum Gasteiger partial charge on any atom is -0.314 e. The quantitative estimate of drug-likeness (QED) is 0.825. The van der Waals surface area contributed by atoms with Gasteiger partial charge in [-0.3, -0.25) is 4.79 Å². The largest absolute Gasteiger partial charge is 0.323 e. The molecule has 0 bridgehead atoms. The predicted octanol–water partition coefficient (Wildman–Crippen LogP) is 4.34. The summed E-state index contributed by atoms with van der Waals surface area (Å²) >= 11 is 5.87. The van der Waals surface area contributed by atoms with Crippen LogP contribution in [-0.2, 0) is 0 Å². The van der Waals surface area contributed by atoms with Crippen LogP contribution in [0.15, 0.2) is 54.7 Å². The van der Waals surface area contributed by atoms with Crippen LogP contribution in [0.25, 0.3) is 6.08 Å². The summed E-state index contributed by atoms with van der Waals surface area (Å²) in [6.45, 7) is 1.48. The van der Waals surface area contributed by atoms with Crippen molar-refractivity contribution in [1.82, 2.24) is 5.32 Å². The van der Waals surface area contributed by atoms with E-state index in [-0.39, 0.29) is 11.8 Å². The van der Waals surface area contributed by atoms with Crippen LogP contribution in [0.4, 0.5) is 10.5 Å². The van der Waals surface area contributed by atoms with Gasteiger partial charge in [-0.15, -0.1) is 0 Å². The first kappa shape index (κ1) is 15.8. The van der Waals surface area contributed by atoms with E-state index in [0.29, 0.717) is 16.3 Å². The molecule has 0 radical (unpaired) electrons. The van der Waals surface area contributed by atoms with Crippen molar-refractivity contribution in [3.05, 3.63) is 70.9 Å². The van der Waals surface area contributed by atoms with Gasteiger partial charge in [0.25, 0.3) is 0 Å². The average Bonchev–Trinajstić information content (AvgIpc) is 2.47. The molecule has 0 heterocycles. The number of carbonyl (C=O) groups is 2. The van der Waals surface area contributed by atoms with Crippen LogP contribution < -0.4 is 10.6 Å². The van der Waals surface area contributed by atoms with E-state index in [1.165, 1.54) is 13.1 Å². The molecule has 0 atom stereocenters. The van der Waals surface area contributed by atoms with Crippen LogP contribution in [0.5, 0.6) is 0 Å². The number of hydrogen-bond acceptors (Lipinski definition) is 2. The second kappa shape index (κ2) is 7.43. The molecule has 4 nitrogen and oxygen atoms in total. The molecule has 5 heteroatoms. The molecule has 0 saturated carbocycles. The van der Waals surface area contributed by atoms with Crippen molar-refractivity contribution < 1.29 is 9.59 Å². The van der Waals surface area contributed by atoms with Crippen LogP contribution in [0.2, 0.25) is 5.02 Å². The summed E-state index contributed by atoms with van der Waals surface area (Å²) in [5.41, 5.74) is 1.99. The van der Waals surface area contributed by atoms with Crippen molar-refractivity contribution in [2.45, 2.75) is 6.92 Å². The van der Waals surface area contributed by atoms with Gasteiger partial charge in [0.1, 0.15) is 0 Å². The van der Waals surface area contributed by atoms with Crippen molar-refractivity contribution in [2.75, 3.05) is 5.32 Å². The smallest absolute Gasteiger partial charge is 0.314 e. The Morgan fingerprint density at radius 2 is 1.86 bits per heavy atom. The van der Waals surface area contributed by atoms with Crippen LogP contribution in [-0.4, -0.2) is 11.8 Å². The Hall–Kier alpha value is -2.59. The predicted molar refractivity (Wildman–Crippen MR) is 89.1 cm³/mol. The molecule has 0 saturated heterocycles. The highest BCUT2D eigenvalue weighted by molar-refractivity contribution is 6.30. The number of amides is 2. The van der Waals surface area contributed by atoms with Crippen molar-refractivity contribution in [1.29, 1.82) is 0 Å². The molecule has 0 fully saturated rings. The van der Waals surface area contributed by atoms with E-state index >= 15 is 0 Å². The maximum Gasteiger partial charge on any atom is 0.323 e.